The van der Waals surface area contributed by atoms with Crippen LogP contribution in [0.1, 0.15) is 0 Å². The fourth-order valence-corrected chi connectivity index (χ4v) is 3.53. The highest BCUT2D eigenvalue weighted by molar-refractivity contribution is 7.91. The maximum Gasteiger partial charge on any atom is 0.436 e. The van der Waals surface area contributed by atoms with Crippen molar-refractivity contribution in [1.82, 2.24) is 5.32 Å². The molecule has 0 radical (unpaired) electrons. The van der Waals surface area contributed by atoms with Crippen LogP contribution in [0.15, 0.2) is 63.3 Å². The van der Waals surface area contributed by atoms with Crippen molar-refractivity contribution in [2.24, 2.45) is 4.99 Å². The summed E-state index contributed by atoms with van der Waals surface area (Å²) < 4.78 is 34.6. The second-order valence-electron chi connectivity index (χ2n) is 5.46. The number of amides is 3. The van der Waals surface area contributed by atoms with Crippen molar-refractivity contribution in [2.45, 2.75) is 9.79 Å². The molecule has 0 aliphatic rings. The van der Waals surface area contributed by atoms with Crippen LogP contribution in [0.2, 0.25) is 0 Å². The molecule has 0 bridgehead atoms. The van der Waals surface area contributed by atoms with Crippen LogP contribution in [0.5, 0.6) is 0 Å². The van der Waals surface area contributed by atoms with Gasteiger partial charge >= 0.3 is 12.2 Å². The number of rotatable bonds is 5. The van der Waals surface area contributed by atoms with Crippen LogP contribution in [0, 0.1) is 0 Å². The zero-order valence-electron chi connectivity index (χ0n) is 15.9. The van der Waals surface area contributed by atoms with Crippen molar-refractivity contribution in [3.05, 3.63) is 48.5 Å². The van der Waals surface area contributed by atoms with Crippen molar-refractivity contribution in [3.8, 4) is 0 Å². The first kappa shape index (κ1) is 22.4. The fourth-order valence-electron chi connectivity index (χ4n) is 2.22. The van der Waals surface area contributed by atoms with Crippen LogP contribution < -0.4 is 16.0 Å². The molecule has 0 saturated carbocycles. The Morgan fingerprint density at radius 3 is 2.27 bits per heavy atom. The number of hydrogen-bond donors (Lipinski definition) is 3. The molecule has 3 amide bonds. The molecule has 2 aromatic carbocycles. The maximum absolute atomic E-state index is 12.9. The van der Waals surface area contributed by atoms with Crippen molar-refractivity contribution in [1.29, 1.82) is 0 Å². The minimum absolute atomic E-state index is 0.0261. The van der Waals surface area contributed by atoms with Crippen LogP contribution in [-0.4, -0.2) is 47.2 Å². The second-order valence-corrected chi connectivity index (χ2v) is 7.41. The Hall–Kier alpha value is -3.93. The van der Waals surface area contributed by atoms with E-state index < -0.39 is 28.0 Å². The lowest BCUT2D eigenvalue weighted by Gasteiger charge is -2.15. The number of hydrogen-bond acceptors (Lipinski definition) is 7. The topological polar surface area (TPSA) is 152 Å². The van der Waals surface area contributed by atoms with Crippen LogP contribution in [0.4, 0.5) is 21.0 Å². The van der Waals surface area contributed by atoms with Gasteiger partial charge in [0.25, 0.3) is 0 Å². The van der Waals surface area contributed by atoms with E-state index in [1.54, 1.807) is 18.2 Å². The van der Waals surface area contributed by atoms with Gasteiger partial charge < -0.3 is 20.1 Å². The molecule has 0 aliphatic carbocycles. The average Bonchev–Trinajstić information content (AvgIpc) is 2.75. The number of nitrogens with zero attached hydrogens (tertiary/aromatic N) is 1. The van der Waals surface area contributed by atoms with E-state index in [1.807, 2.05) is 0 Å². The summed E-state index contributed by atoms with van der Waals surface area (Å²) >= 11 is 0. The maximum atomic E-state index is 12.9. The van der Waals surface area contributed by atoms with E-state index in [2.05, 4.69) is 30.4 Å². The number of guanidine groups is 1. The van der Waals surface area contributed by atoms with E-state index in [1.165, 1.54) is 30.3 Å². The molecule has 30 heavy (non-hydrogen) atoms. The molecule has 0 spiro atoms. The summed E-state index contributed by atoms with van der Waals surface area (Å²) in [5, 5.41) is 7.11. The molecule has 0 unspecified atom stereocenters. The standard InChI is InChI=1S/C18H18N4O7S/c1-28-17(24)21-16(22-18(25)29-2)20-15-10-13(8-9-14(15)19-11-23)30(26,27)12-6-4-3-5-7-12/h3-11H,1-2H3,(H,19,23)(H2,20,21,22,24,25). The molecule has 0 fully saturated rings. The zero-order chi connectivity index (χ0) is 22.1. The summed E-state index contributed by atoms with van der Waals surface area (Å²) in [6.07, 6.45) is -1.63. The van der Waals surface area contributed by atoms with Crippen LogP contribution in [0.3, 0.4) is 0 Å². The van der Waals surface area contributed by atoms with Crippen molar-refractivity contribution >= 4 is 45.8 Å². The van der Waals surface area contributed by atoms with Crippen LogP contribution in [0.25, 0.3) is 0 Å². The van der Waals surface area contributed by atoms with Gasteiger partial charge in [0.15, 0.2) is 0 Å². The molecule has 0 atom stereocenters. The van der Waals surface area contributed by atoms with E-state index in [4.69, 9.17) is 0 Å². The Labute approximate surface area is 172 Å². The Morgan fingerprint density at radius 2 is 1.67 bits per heavy atom. The molecule has 0 saturated heterocycles. The molecule has 11 nitrogen and oxygen atoms in total. The number of carbonyl (C=O) groups excluding carboxylic acids is 3. The minimum atomic E-state index is -3.88. The summed E-state index contributed by atoms with van der Waals surface area (Å²) in [6.45, 7) is 0. The Morgan fingerprint density at radius 1 is 0.967 bits per heavy atom. The highest BCUT2D eigenvalue weighted by Gasteiger charge is 2.20. The van der Waals surface area contributed by atoms with Crippen LogP contribution >= 0.6 is 0 Å². The first-order chi connectivity index (χ1) is 14.3. The van der Waals surface area contributed by atoms with E-state index in [0.29, 0.717) is 6.41 Å². The number of ether oxygens (including phenoxy) is 2. The Balaban J connectivity index is 2.51. The highest BCUT2D eigenvalue weighted by Crippen LogP contribution is 2.28. The molecule has 3 N–H and O–H groups in total. The van der Waals surface area contributed by atoms with E-state index in [0.717, 1.165) is 14.2 Å². The summed E-state index contributed by atoms with van der Waals surface area (Å²) in [7, 11) is -1.71. The third-order valence-electron chi connectivity index (χ3n) is 3.61. The van der Waals surface area contributed by atoms with Gasteiger partial charge in [-0.05, 0) is 30.3 Å². The first-order valence-electron chi connectivity index (χ1n) is 8.24. The van der Waals surface area contributed by atoms with Gasteiger partial charge in [0.05, 0.1) is 35.4 Å². The lowest BCUT2D eigenvalue weighted by Crippen LogP contribution is -2.36. The van der Waals surface area contributed by atoms with Gasteiger partial charge in [-0.15, -0.1) is 4.99 Å². The van der Waals surface area contributed by atoms with Crippen molar-refractivity contribution in [2.75, 3.05) is 24.9 Å². The highest BCUT2D eigenvalue weighted by atomic mass is 32.2. The molecule has 0 aromatic heterocycles. The molecule has 2 aromatic rings. The minimum Gasteiger partial charge on any atom is -0.453 e. The number of nitrogens with one attached hydrogen (secondary N) is 3. The Bertz CT molecular complexity index is 1070. The molecule has 158 valence electrons. The van der Waals surface area contributed by atoms with E-state index >= 15 is 0 Å². The van der Waals surface area contributed by atoms with Crippen molar-refractivity contribution < 1.29 is 32.3 Å². The number of sulfone groups is 1. The van der Waals surface area contributed by atoms with Gasteiger partial charge in [-0.1, -0.05) is 18.2 Å². The Kier molecular flexibility index (Phi) is 7.47. The average molecular weight is 434 g/mol. The molecular weight excluding hydrogens is 416 g/mol. The third-order valence-corrected chi connectivity index (χ3v) is 5.37. The van der Waals surface area contributed by atoms with Crippen molar-refractivity contribution in [3.63, 3.8) is 0 Å². The van der Waals surface area contributed by atoms with Gasteiger partial charge in [0.2, 0.25) is 22.2 Å². The predicted octanol–water partition coefficient (Wildman–Crippen LogP) is 1.98. The first-order valence-corrected chi connectivity index (χ1v) is 9.73. The molecule has 2 rings (SSSR count). The molecule has 12 heteroatoms. The van der Waals surface area contributed by atoms with Gasteiger partial charge in [0, 0.05) is 0 Å². The zero-order valence-corrected chi connectivity index (χ0v) is 16.7. The summed E-state index contributed by atoms with van der Waals surface area (Å²) in [6, 6.07) is 11.5. The smallest absolute Gasteiger partial charge is 0.436 e. The van der Waals surface area contributed by atoms with E-state index in [-0.39, 0.29) is 21.2 Å². The fraction of sp³-hybridized carbons (Fsp3) is 0.111. The third kappa shape index (κ3) is 5.54. The van der Waals surface area contributed by atoms with Gasteiger partial charge in [-0.3, -0.25) is 10.1 Å². The predicted molar refractivity (Wildman–Crippen MR) is 107 cm³/mol. The van der Waals surface area contributed by atoms with Gasteiger partial charge in [-0.2, -0.15) is 0 Å². The number of alkyl carbamates (subject to hydrolysis) is 1. The number of aliphatic imine (C=N–C) groups is 1. The van der Waals surface area contributed by atoms with Gasteiger partial charge in [-0.25, -0.2) is 18.0 Å². The van der Waals surface area contributed by atoms with Crippen LogP contribution in [-0.2, 0) is 24.1 Å². The SMILES string of the molecule is COC(=O)/N=C(\NC(=O)OC)Nc1cc(S(=O)(=O)c2ccccc2)ccc1NC=O. The van der Waals surface area contributed by atoms with E-state index in [9.17, 15) is 22.8 Å². The lowest BCUT2D eigenvalue weighted by molar-refractivity contribution is -0.105. The normalized spacial score (nSPS) is 11.2. The number of carbonyl (C=O) groups is 3. The largest absolute Gasteiger partial charge is 0.453 e. The lowest BCUT2D eigenvalue weighted by atomic mass is 10.2. The van der Waals surface area contributed by atoms with Gasteiger partial charge in [0.1, 0.15) is 0 Å². The number of anilines is 2. The monoisotopic (exact) mass is 434 g/mol. The quantitative estimate of drug-likeness (QED) is 0.367. The molecular formula is C18H18N4O7S. The number of methoxy groups -OCH3 is 2. The molecule has 0 aliphatic heterocycles. The number of benzene rings is 2. The summed E-state index contributed by atoms with van der Waals surface area (Å²) in [4.78, 5) is 37.4. The summed E-state index contributed by atoms with van der Waals surface area (Å²) in [5.74, 6) is -0.420. The molecule has 0 heterocycles. The summed E-state index contributed by atoms with van der Waals surface area (Å²) in [5.41, 5.74) is 0.180. The second kappa shape index (κ2) is 10.0.